The van der Waals surface area contributed by atoms with E-state index in [0.717, 1.165) is 12.5 Å². The van der Waals surface area contributed by atoms with Gasteiger partial charge in [-0.2, -0.15) is 0 Å². The van der Waals surface area contributed by atoms with E-state index < -0.39 is 4.92 Å². The predicted octanol–water partition coefficient (Wildman–Crippen LogP) is 2.06. The second-order valence-electron chi connectivity index (χ2n) is 5.47. The van der Waals surface area contributed by atoms with Crippen LogP contribution in [0.4, 0.5) is 11.4 Å². The number of hydrazine groups is 1. The minimum atomic E-state index is -0.640. The Morgan fingerprint density at radius 3 is 2.60 bits per heavy atom. The topological polar surface area (TPSA) is 110 Å². The molecule has 1 amide bonds. The van der Waals surface area contributed by atoms with Gasteiger partial charge in [0, 0.05) is 17.7 Å². The van der Waals surface area contributed by atoms with E-state index in [2.05, 4.69) is 10.7 Å². The van der Waals surface area contributed by atoms with E-state index in [-0.39, 0.29) is 39.3 Å². The molecule has 1 unspecified atom stereocenters. The number of hydrogen-bond acceptors (Lipinski definition) is 5. The fourth-order valence-corrected chi connectivity index (χ4v) is 2.23. The highest BCUT2D eigenvalue weighted by atomic mass is 35.5. The number of carbonyl (C=O) groups excluding carboxylic acids is 1. The van der Waals surface area contributed by atoms with E-state index in [1.165, 1.54) is 6.07 Å². The standard InChI is InChI=1S/C12H15ClN4O3/c1-12(2)5-9(12)15-11(18)6-3-7(13)10(16-14)8(4-6)17(19)20/h3-4,9,16H,5,14H2,1-2H3,(H,15,18). The maximum absolute atomic E-state index is 12.1. The summed E-state index contributed by atoms with van der Waals surface area (Å²) in [5, 5.41) is 13.8. The summed E-state index contributed by atoms with van der Waals surface area (Å²) in [6.45, 7) is 4.07. The van der Waals surface area contributed by atoms with Gasteiger partial charge in [-0.25, -0.2) is 0 Å². The lowest BCUT2D eigenvalue weighted by Crippen LogP contribution is -2.28. The number of nitro benzene ring substituents is 1. The van der Waals surface area contributed by atoms with Crippen LogP contribution in [0.3, 0.4) is 0 Å². The molecular formula is C12H15ClN4O3. The molecule has 8 heteroatoms. The third-order valence-corrected chi connectivity index (χ3v) is 3.79. The second-order valence-corrected chi connectivity index (χ2v) is 5.88. The van der Waals surface area contributed by atoms with E-state index in [9.17, 15) is 14.9 Å². The lowest BCUT2D eigenvalue weighted by atomic mass is 10.1. The second kappa shape index (κ2) is 4.92. The van der Waals surface area contributed by atoms with Crippen molar-refractivity contribution in [3.05, 3.63) is 32.8 Å². The number of hydrogen-bond donors (Lipinski definition) is 3. The fourth-order valence-electron chi connectivity index (χ4n) is 1.97. The zero-order valence-corrected chi connectivity index (χ0v) is 11.8. The number of amides is 1. The molecule has 0 spiro atoms. The quantitative estimate of drug-likeness (QED) is 0.448. The van der Waals surface area contributed by atoms with Gasteiger partial charge in [0.1, 0.15) is 5.69 Å². The molecule has 0 aliphatic heterocycles. The average molecular weight is 299 g/mol. The smallest absolute Gasteiger partial charge is 0.295 e. The monoisotopic (exact) mass is 298 g/mol. The minimum Gasteiger partial charge on any atom is -0.349 e. The largest absolute Gasteiger partial charge is 0.349 e. The Bertz CT molecular complexity index is 588. The number of nitro groups is 1. The highest BCUT2D eigenvalue weighted by molar-refractivity contribution is 6.34. The molecule has 1 saturated carbocycles. The van der Waals surface area contributed by atoms with Crippen molar-refractivity contribution in [2.45, 2.75) is 26.3 Å². The minimum absolute atomic E-state index is 0.0139. The molecule has 0 aromatic heterocycles. The van der Waals surface area contributed by atoms with Crippen LogP contribution in [0, 0.1) is 15.5 Å². The van der Waals surface area contributed by atoms with Crippen LogP contribution >= 0.6 is 11.6 Å². The Morgan fingerprint density at radius 2 is 2.15 bits per heavy atom. The predicted molar refractivity (Wildman–Crippen MR) is 75.6 cm³/mol. The normalized spacial score (nSPS) is 19.3. The Labute approximate surface area is 120 Å². The SMILES string of the molecule is CC1(C)CC1NC(=O)c1cc(Cl)c(NN)c([N+](=O)[O-])c1. The number of benzene rings is 1. The van der Waals surface area contributed by atoms with E-state index in [1.807, 2.05) is 13.8 Å². The van der Waals surface area contributed by atoms with Crippen molar-refractivity contribution < 1.29 is 9.72 Å². The molecule has 108 valence electrons. The maximum atomic E-state index is 12.1. The van der Waals surface area contributed by atoms with E-state index >= 15 is 0 Å². The molecule has 1 atom stereocenters. The molecule has 1 aliphatic carbocycles. The lowest BCUT2D eigenvalue weighted by Gasteiger charge is -2.09. The first-order chi connectivity index (χ1) is 9.26. The number of anilines is 1. The Kier molecular flexibility index (Phi) is 3.58. The van der Waals surface area contributed by atoms with Gasteiger partial charge in [-0.05, 0) is 17.9 Å². The Morgan fingerprint density at radius 1 is 1.55 bits per heavy atom. The molecule has 0 bridgehead atoms. The summed E-state index contributed by atoms with van der Waals surface area (Å²) in [6.07, 6.45) is 0.886. The zero-order valence-electron chi connectivity index (χ0n) is 11.1. The number of nitrogens with one attached hydrogen (secondary N) is 2. The van der Waals surface area contributed by atoms with Crippen LogP contribution in [0.25, 0.3) is 0 Å². The van der Waals surface area contributed by atoms with E-state index in [4.69, 9.17) is 17.4 Å². The number of nitrogen functional groups attached to an aromatic ring is 1. The van der Waals surface area contributed by atoms with E-state index in [0.29, 0.717) is 0 Å². The molecule has 7 nitrogen and oxygen atoms in total. The number of halogens is 1. The van der Waals surface area contributed by atoms with Crippen molar-refractivity contribution in [3.8, 4) is 0 Å². The summed E-state index contributed by atoms with van der Waals surface area (Å²) in [6, 6.07) is 2.60. The van der Waals surface area contributed by atoms with Crippen LogP contribution in [0.2, 0.25) is 5.02 Å². The first-order valence-electron chi connectivity index (χ1n) is 6.01. The number of carbonyl (C=O) groups is 1. The van der Waals surface area contributed by atoms with Crippen molar-refractivity contribution in [3.63, 3.8) is 0 Å². The van der Waals surface area contributed by atoms with Gasteiger partial charge in [0.25, 0.3) is 11.6 Å². The van der Waals surface area contributed by atoms with Gasteiger partial charge >= 0.3 is 0 Å². The van der Waals surface area contributed by atoms with Gasteiger partial charge in [0.15, 0.2) is 0 Å². The summed E-state index contributed by atoms with van der Waals surface area (Å²) in [7, 11) is 0. The first kappa shape index (κ1) is 14.5. The zero-order chi connectivity index (χ0) is 15.1. The van der Waals surface area contributed by atoms with Gasteiger partial charge in [-0.15, -0.1) is 0 Å². The van der Waals surface area contributed by atoms with Gasteiger partial charge in [0.05, 0.1) is 9.95 Å². The summed E-state index contributed by atoms with van der Waals surface area (Å²) in [5.41, 5.74) is 2.04. The van der Waals surface area contributed by atoms with Crippen molar-refractivity contribution in [2.24, 2.45) is 11.3 Å². The van der Waals surface area contributed by atoms with Crippen LogP contribution in [0.5, 0.6) is 0 Å². The highest BCUT2D eigenvalue weighted by Gasteiger charge is 2.46. The summed E-state index contributed by atoms with van der Waals surface area (Å²) < 4.78 is 0. The lowest BCUT2D eigenvalue weighted by molar-refractivity contribution is -0.384. The van der Waals surface area contributed by atoms with Gasteiger partial charge < -0.3 is 10.7 Å². The van der Waals surface area contributed by atoms with Gasteiger partial charge in [-0.3, -0.25) is 20.8 Å². The molecule has 1 aliphatic rings. The molecule has 1 fully saturated rings. The molecule has 0 radical (unpaired) electrons. The molecule has 1 aromatic carbocycles. The first-order valence-corrected chi connectivity index (χ1v) is 6.39. The van der Waals surface area contributed by atoms with Crippen molar-refractivity contribution in [1.29, 1.82) is 0 Å². The Balaban J connectivity index is 2.28. The molecule has 1 aromatic rings. The van der Waals surface area contributed by atoms with Crippen molar-refractivity contribution in [2.75, 3.05) is 5.43 Å². The van der Waals surface area contributed by atoms with Crippen LogP contribution in [0.1, 0.15) is 30.6 Å². The third kappa shape index (κ3) is 2.68. The number of nitrogens with two attached hydrogens (primary N) is 1. The maximum Gasteiger partial charge on any atom is 0.295 e. The molecule has 2 rings (SSSR count). The van der Waals surface area contributed by atoms with Crippen molar-refractivity contribution >= 4 is 28.9 Å². The number of rotatable bonds is 4. The summed E-state index contributed by atoms with van der Waals surface area (Å²) in [5.74, 6) is 4.82. The van der Waals surface area contributed by atoms with Gasteiger partial charge in [-0.1, -0.05) is 25.4 Å². The molecular weight excluding hydrogens is 284 g/mol. The Hall–Kier alpha value is -1.86. The molecule has 0 heterocycles. The summed E-state index contributed by atoms with van der Waals surface area (Å²) >= 11 is 5.90. The van der Waals surface area contributed by atoms with E-state index in [1.54, 1.807) is 0 Å². The summed E-state index contributed by atoms with van der Waals surface area (Å²) in [4.78, 5) is 22.4. The average Bonchev–Trinajstić information content (AvgIpc) is 2.95. The van der Waals surface area contributed by atoms with Gasteiger partial charge in [0.2, 0.25) is 0 Å². The van der Waals surface area contributed by atoms with Crippen LogP contribution in [-0.2, 0) is 0 Å². The van der Waals surface area contributed by atoms with Crippen LogP contribution in [-0.4, -0.2) is 16.9 Å². The fraction of sp³-hybridized carbons (Fsp3) is 0.417. The van der Waals surface area contributed by atoms with Crippen LogP contribution in [0.15, 0.2) is 12.1 Å². The third-order valence-electron chi connectivity index (χ3n) is 3.49. The molecule has 20 heavy (non-hydrogen) atoms. The number of nitrogens with zero attached hydrogens (tertiary/aromatic N) is 1. The van der Waals surface area contributed by atoms with Crippen LogP contribution < -0.4 is 16.6 Å². The van der Waals surface area contributed by atoms with Crippen molar-refractivity contribution in [1.82, 2.24) is 5.32 Å². The molecule has 4 N–H and O–H groups in total. The highest BCUT2D eigenvalue weighted by Crippen LogP contribution is 2.44. The molecule has 0 saturated heterocycles.